The molecule has 1 unspecified atom stereocenters. The minimum Gasteiger partial charge on any atom is -0.338 e. The molecule has 2 N–H and O–H groups in total. The quantitative estimate of drug-likeness (QED) is 0.359. The first-order valence-electron chi connectivity index (χ1n) is 9.37. The van der Waals surface area contributed by atoms with Crippen LogP contribution in [0.5, 0.6) is 0 Å². The van der Waals surface area contributed by atoms with E-state index in [0.29, 0.717) is 29.4 Å². The summed E-state index contributed by atoms with van der Waals surface area (Å²) in [5.74, 6) is 0.0730. The summed E-state index contributed by atoms with van der Waals surface area (Å²) in [6.07, 6.45) is 0.402. The molecular formula is C22H23ClN2O3S. The zero-order valence-corrected chi connectivity index (χ0v) is 18.1. The molecule has 0 aliphatic carbocycles. The Kier molecular flexibility index (Phi) is 6.57. The molecule has 2 aromatic carbocycles. The lowest BCUT2D eigenvalue weighted by molar-refractivity contribution is 0.0980. The van der Waals surface area contributed by atoms with Gasteiger partial charge in [0.1, 0.15) is 0 Å². The second-order valence-electron chi connectivity index (χ2n) is 6.65. The van der Waals surface area contributed by atoms with Crippen molar-refractivity contribution in [2.75, 3.05) is 4.72 Å². The number of nitrogens with zero attached hydrogens (tertiary/aromatic N) is 1. The number of carbonyl (C=O) groups is 1. The van der Waals surface area contributed by atoms with E-state index in [1.54, 1.807) is 12.1 Å². The van der Waals surface area contributed by atoms with Gasteiger partial charge in [0.15, 0.2) is 5.78 Å². The van der Waals surface area contributed by atoms with Crippen molar-refractivity contribution in [3.8, 4) is 22.4 Å². The molecule has 0 saturated carbocycles. The first-order valence-corrected chi connectivity index (χ1v) is 10.9. The Morgan fingerprint density at radius 3 is 2.17 bits per heavy atom. The second kappa shape index (κ2) is 8.95. The molecule has 3 aromatic rings. The summed E-state index contributed by atoms with van der Waals surface area (Å²) in [4.78, 5) is 12.9. The van der Waals surface area contributed by atoms with E-state index in [9.17, 15) is 9.00 Å². The normalized spacial score (nSPS) is 12.0. The predicted octanol–water partition coefficient (Wildman–Crippen LogP) is 5.95. The van der Waals surface area contributed by atoms with Gasteiger partial charge in [0, 0.05) is 29.2 Å². The van der Waals surface area contributed by atoms with Gasteiger partial charge in [-0.1, -0.05) is 42.8 Å². The first kappa shape index (κ1) is 21.3. The van der Waals surface area contributed by atoms with E-state index in [4.69, 9.17) is 16.2 Å². The SMILES string of the molecule is CCC(=O)c1c(-c2ccc(NS(=O)O)cc2)c(C)c(-c2ccc(Cl)cc2)n1CC. The van der Waals surface area contributed by atoms with Gasteiger partial charge in [-0.15, -0.1) is 0 Å². The number of anilines is 1. The van der Waals surface area contributed by atoms with E-state index in [0.717, 1.165) is 27.9 Å². The molecule has 1 heterocycles. The summed E-state index contributed by atoms with van der Waals surface area (Å²) in [7, 11) is 0. The average molecular weight is 431 g/mol. The van der Waals surface area contributed by atoms with Crippen molar-refractivity contribution in [1.29, 1.82) is 0 Å². The fourth-order valence-electron chi connectivity index (χ4n) is 3.66. The maximum absolute atomic E-state index is 12.9. The highest BCUT2D eigenvalue weighted by atomic mass is 35.5. The van der Waals surface area contributed by atoms with Crippen molar-refractivity contribution in [1.82, 2.24) is 4.57 Å². The maximum Gasteiger partial charge on any atom is 0.259 e. The van der Waals surface area contributed by atoms with Gasteiger partial charge in [0.25, 0.3) is 11.3 Å². The molecule has 3 rings (SSSR count). The third kappa shape index (κ3) is 4.29. The Morgan fingerprint density at radius 1 is 1.07 bits per heavy atom. The van der Waals surface area contributed by atoms with Crippen LogP contribution in [0.25, 0.3) is 22.4 Å². The monoisotopic (exact) mass is 430 g/mol. The van der Waals surface area contributed by atoms with Crippen molar-refractivity contribution < 1.29 is 13.6 Å². The van der Waals surface area contributed by atoms with Gasteiger partial charge in [-0.2, -0.15) is 0 Å². The summed E-state index contributed by atoms with van der Waals surface area (Å²) >= 11 is 3.93. The lowest BCUT2D eigenvalue weighted by Gasteiger charge is -2.12. The molecule has 7 heteroatoms. The van der Waals surface area contributed by atoms with Gasteiger partial charge in [-0.05, 0) is 54.8 Å². The van der Waals surface area contributed by atoms with Gasteiger partial charge < -0.3 is 4.57 Å². The fraction of sp³-hybridized carbons (Fsp3) is 0.227. The Bertz CT molecular complexity index is 1060. The summed E-state index contributed by atoms with van der Waals surface area (Å²) in [5.41, 5.74) is 6.00. The van der Waals surface area contributed by atoms with Crippen molar-refractivity contribution in [3.05, 3.63) is 64.8 Å². The summed E-state index contributed by atoms with van der Waals surface area (Å²) in [6, 6.07) is 14.8. The van der Waals surface area contributed by atoms with E-state index >= 15 is 0 Å². The highest BCUT2D eigenvalue weighted by Gasteiger charge is 2.25. The van der Waals surface area contributed by atoms with E-state index in [1.165, 1.54) is 0 Å². The summed E-state index contributed by atoms with van der Waals surface area (Å²) in [6.45, 7) is 6.56. The van der Waals surface area contributed by atoms with Crippen LogP contribution >= 0.6 is 11.6 Å². The van der Waals surface area contributed by atoms with Crippen molar-refractivity contribution >= 4 is 34.3 Å². The zero-order chi connectivity index (χ0) is 21.1. The standard InChI is InChI=1S/C22H23ClN2O3S/c1-4-19(26)22-20(15-8-12-18(13-9-15)24-29(27)28)14(3)21(25(22)5-2)16-6-10-17(23)11-7-16/h6-13,24H,4-5H2,1-3H3,(H,27,28). The maximum atomic E-state index is 12.9. The van der Waals surface area contributed by atoms with Gasteiger partial charge in [-0.25, -0.2) is 4.21 Å². The molecule has 5 nitrogen and oxygen atoms in total. The van der Waals surface area contributed by atoms with Gasteiger partial charge in [0.2, 0.25) is 0 Å². The molecule has 1 atom stereocenters. The van der Waals surface area contributed by atoms with Crippen LogP contribution in [0, 0.1) is 6.92 Å². The van der Waals surface area contributed by atoms with Crippen LogP contribution in [-0.4, -0.2) is 19.1 Å². The first-order chi connectivity index (χ1) is 13.9. The second-order valence-corrected chi connectivity index (χ2v) is 7.79. The molecule has 0 saturated heterocycles. The van der Waals surface area contributed by atoms with E-state index in [2.05, 4.69) is 9.29 Å². The van der Waals surface area contributed by atoms with Crippen LogP contribution in [0.1, 0.15) is 36.3 Å². The Balaban J connectivity index is 2.24. The molecule has 29 heavy (non-hydrogen) atoms. The summed E-state index contributed by atoms with van der Waals surface area (Å²) in [5, 5.41) is 0.662. The third-order valence-corrected chi connectivity index (χ3v) is 5.57. The summed E-state index contributed by atoms with van der Waals surface area (Å²) < 4.78 is 24.5. The zero-order valence-electron chi connectivity index (χ0n) is 16.5. The molecule has 0 fully saturated rings. The molecule has 0 bridgehead atoms. The van der Waals surface area contributed by atoms with Gasteiger partial charge in [0.05, 0.1) is 11.4 Å². The van der Waals surface area contributed by atoms with E-state index < -0.39 is 11.3 Å². The molecule has 0 spiro atoms. The largest absolute Gasteiger partial charge is 0.338 e. The van der Waals surface area contributed by atoms with Crippen molar-refractivity contribution in [2.24, 2.45) is 0 Å². The van der Waals surface area contributed by atoms with Crippen LogP contribution in [0.4, 0.5) is 5.69 Å². The molecule has 0 aliphatic rings. The average Bonchev–Trinajstić information content (AvgIpc) is 3.00. The Hall–Kier alpha value is -2.41. The predicted molar refractivity (Wildman–Crippen MR) is 120 cm³/mol. The minimum absolute atomic E-state index is 0.0730. The smallest absolute Gasteiger partial charge is 0.259 e. The number of Topliss-reactive ketones (excluding diaryl/α,β-unsaturated/α-hetero) is 1. The third-order valence-electron chi connectivity index (χ3n) is 4.90. The van der Waals surface area contributed by atoms with Crippen molar-refractivity contribution in [2.45, 2.75) is 33.7 Å². The number of ketones is 1. The molecule has 1 aromatic heterocycles. The van der Waals surface area contributed by atoms with Gasteiger partial charge >= 0.3 is 0 Å². The highest BCUT2D eigenvalue weighted by Crippen LogP contribution is 2.39. The molecule has 152 valence electrons. The topological polar surface area (TPSA) is 71.3 Å². The van der Waals surface area contributed by atoms with Crippen LogP contribution in [0.15, 0.2) is 48.5 Å². The van der Waals surface area contributed by atoms with Crippen LogP contribution < -0.4 is 4.72 Å². The highest BCUT2D eigenvalue weighted by molar-refractivity contribution is 7.80. The van der Waals surface area contributed by atoms with Gasteiger partial charge in [-0.3, -0.25) is 14.1 Å². The van der Waals surface area contributed by atoms with Crippen LogP contribution in [0.2, 0.25) is 5.02 Å². The van der Waals surface area contributed by atoms with Crippen molar-refractivity contribution in [3.63, 3.8) is 0 Å². The molecular weight excluding hydrogens is 408 g/mol. The lowest BCUT2D eigenvalue weighted by atomic mass is 9.97. The fourth-order valence-corrected chi connectivity index (χ4v) is 4.12. The Labute approximate surface area is 178 Å². The number of carbonyl (C=O) groups excluding carboxylic acids is 1. The number of aromatic nitrogens is 1. The number of benzene rings is 2. The molecule has 0 aliphatic heterocycles. The van der Waals surface area contributed by atoms with Crippen LogP contribution in [-0.2, 0) is 17.8 Å². The number of rotatable bonds is 7. The number of hydrogen-bond acceptors (Lipinski definition) is 2. The lowest BCUT2D eigenvalue weighted by Crippen LogP contribution is -2.09. The number of halogens is 1. The number of hydrogen-bond donors (Lipinski definition) is 2. The van der Waals surface area contributed by atoms with E-state index in [-0.39, 0.29) is 5.78 Å². The molecule has 0 amide bonds. The Morgan fingerprint density at radius 2 is 1.66 bits per heavy atom. The van der Waals surface area contributed by atoms with E-state index in [1.807, 2.05) is 57.2 Å². The molecule has 0 radical (unpaired) electrons. The minimum atomic E-state index is -2.13. The number of nitrogens with one attached hydrogen (secondary N) is 1. The van der Waals surface area contributed by atoms with Crippen LogP contribution in [0.3, 0.4) is 0 Å².